The summed E-state index contributed by atoms with van der Waals surface area (Å²) in [4.78, 5) is 28.6. The molecule has 0 atom stereocenters. The molecule has 0 bridgehead atoms. The van der Waals surface area contributed by atoms with Crippen molar-refractivity contribution in [3.8, 4) is 10.6 Å². The molecule has 0 aliphatic heterocycles. The minimum atomic E-state index is -4.75. The van der Waals surface area contributed by atoms with Gasteiger partial charge in [-0.25, -0.2) is 4.98 Å². The van der Waals surface area contributed by atoms with Gasteiger partial charge in [0, 0.05) is 18.7 Å². The van der Waals surface area contributed by atoms with E-state index in [1.807, 2.05) is 0 Å². The number of esters is 1. The zero-order valence-corrected chi connectivity index (χ0v) is 15.7. The zero-order valence-electron chi connectivity index (χ0n) is 14.9. The number of rotatable bonds is 7. The Kier molecular flexibility index (Phi) is 6.95. The molecule has 1 heterocycles. The molecule has 0 fully saturated rings. The minimum absolute atomic E-state index is 0.0238. The van der Waals surface area contributed by atoms with E-state index in [1.165, 1.54) is 4.90 Å². The lowest BCUT2D eigenvalue weighted by molar-refractivity contribution is -0.143. The Morgan fingerprint density at radius 3 is 2.41 bits per heavy atom. The van der Waals surface area contributed by atoms with Gasteiger partial charge in [-0.15, -0.1) is 11.3 Å². The molecule has 1 aromatic carbocycles. The lowest BCUT2D eigenvalue weighted by Gasteiger charge is -2.20. The SMILES string of the molecule is CCOC(=O)CCN(CC)C(=O)c1sc(-c2ccccc2)nc1C(F)(F)F. The first kappa shape index (κ1) is 20.9. The van der Waals surface area contributed by atoms with E-state index < -0.39 is 28.6 Å². The minimum Gasteiger partial charge on any atom is -0.466 e. The summed E-state index contributed by atoms with van der Waals surface area (Å²) < 4.78 is 45.1. The quantitative estimate of drug-likeness (QED) is 0.652. The summed E-state index contributed by atoms with van der Waals surface area (Å²) in [5, 5.41) is 0.118. The summed E-state index contributed by atoms with van der Waals surface area (Å²) >= 11 is 0.697. The molecule has 146 valence electrons. The molecule has 0 spiro atoms. The normalized spacial score (nSPS) is 11.3. The van der Waals surface area contributed by atoms with E-state index >= 15 is 0 Å². The standard InChI is InChI=1S/C18H19F3N2O3S/c1-3-23(11-10-13(24)26-4-2)17(25)14-15(18(19,20)21)22-16(27-14)12-8-6-5-7-9-12/h5-9H,3-4,10-11H2,1-2H3. The van der Waals surface area contributed by atoms with E-state index in [4.69, 9.17) is 4.74 Å². The highest BCUT2D eigenvalue weighted by Crippen LogP contribution is 2.38. The Morgan fingerprint density at radius 1 is 1.19 bits per heavy atom. The molecule has 0 unspecified atom stereocenters. The van der Waals surface area contributed by atoms with Crippen LogP contribution in [0.1, 0.15) is 35.6 Å². The summed E-state index contributed by atoms with van der Waals surface area (Å²) in [5.41, 5.74) is -0.701. The number of thiazole rings is 1. The van der Waals surface area contributed by atoms with E-state index in [1.54, 1.807) is 44.2 Å². The molecule has 0 radical (unpaired) electrons. The van der Waals surface area contributed by atoms with Crippen LogP contribution in [0.3, 0.4) is 0 Å². The van der Waals surface area contributed by atoms with Crippen LogP contribution >= 0.6 is 11.3 Å². The Balaban J connectivity index is 2.32. The molecule has 5 nitrogen and oxygen atoms in total. The summed E-state index contributed by atoms with van der Waals surface area (Å²) in [6.45, 7) is 3.62. The topological polar surface area (TPSA) is 59.5 Å². The molecule has 0 saturated heterocycles. The molecule has 1 amide bonds. The van der Waals surface area contributed by atoms with Crippen molar-refractivity contribution in [2.24, 2.45) is 0 Å². The van der Waals surface area contributed by atoms with Crippen molar-refractivity contribution in [3.05, 3.63) is 40.9 Å². The van der Waals surface area contributed by atoms with Gasteiger partial charge >= 0.3 is 12.1 Å². The number of carbonyl (C=O) groups excluding carboxylic acids is 2. The maximum Gasteiger partial charge on any atom is 0.435 e. The van der Waals surface area contributed by atoms with Crippen LogP contribution in [0, 0.1) is 0 Å². The maximum atomic E-state index is 13.4. The fraction of sp³-hybridized carbons (Fsp3) is 0.389. The average molecular weight is 400 g/mol. The molecular formula is C18H19F3N2O3S. The van der Waals surface area contributed by atoms with Crippen molar-refractivity contribution < 1.29 is 27.5 Å². The third kappa shape index (κ3) is 5.29. The van der Waals surface area contributed by atoms with Crippen molar-refractivity contribution >= 4 is 23.2 Å². The van der Waals surface area contributed by atoms with Gasteiger partial charge in [0.2, 0.25) is 0 Å². The molecule has 27 heavy (non-hydrogen) atoms. The van der Waals surface area contributed by atoms with Crippen LogP contribution in [0.25, 0.3) is 10.6 Å². The number of nitrogens with zero attached hydrogens (tertiary/aromatic N) is 2. The summed E-state index contributed by atoms with van der Waals surface area (Å²) in [6, 6.07) is 8.37. The molecule has 0 N–H and O–H groups in total. The first-order valence-electron chi connectivity index (χ1n) is 8.36. The van der Waals surface area contributed by atoms with Crippen molar-refractivity contribution in [2.75, 3.05) is 19.7 Å². The van der Waals surface area contributed by atoms with Crippen molar-refractivity contribution in [3.63, 3.8) is 0 Å². The predicted molar refractivity (Wildman–Crippen MR) is 95.4 cm³/mol. The average Bonchev–Trinajstić information content (AvgIpc) is 3.09. The molecule has 2 aromatic rings. The number of hydrogen-bond donors (Lipinski definition) is 0. The van der Waals surface area contributed by atoms with Crippen molar-refractivity contribution in [1.29, 1.82) is 0 Å². The largest absolute Gasteiger partial charge is 0.466 e. The van der Waals surface area contributed by atoms with Gasteiger partial charge in [-0.2, -0.15) is 13.2 Å². The van der Waals surface area contributed by atoms with E-state index in [0.717, 1.165) is 0 Å². The Bertz CT molecular complexity index is 791. The number of carbonyl (C=O) groups is 2. The predicted octanol–water partition coefficient (Wildman–Crippen LogP) is 4.24. The van der Waals surface area contributed by atoms with Crippen LogP contribution in [0.4, 0.5) is 13.2 Å². The highest BCUT2D eigenvalue weighted by Gasteiger charge is 2.40. The zero-order chi connectivity index (χ0) is 20.0. The van der Waals surface area contributed by atoms with Gasteiger partial charge in [0.25, 0.3) is 5.91 Å². The van der Waals surface area contributed by atoms with Crippen molar-refractivity contribution in [1.82, 2.24) is 9.88 Å². The van der Waals surface area contributed by atoms with Crippen LogP contribution < -0.4 is 0 Å². The van der Waals surface area contributed by atoms with Gasteiger partial charge in [-0.3, -0.25) is 9.59 Å². The van der Waals surface area contributed by atoms with Crippen molar-refractivity contribution in [2.45, 2.75) is 26.4 Å². The first-order chi connectivity index (χ1) is 12.8. The number of ether oxygens (including phenoxy) is 1. The fourth-order valence-corrected chi connectivity index (χ4v) is 3.43. The number of halogens is 3. The second-order valence-corrected chi connectivity index (χ2v) is 6.50. The summed E-state index contributed by atoms with van der Waals surface area (Å²) in [6.07, 6.45) is -4.84. The fourth-order valence-electron chi connectivity index (χ4n) is 2.37. The van der Waals surface area contributed by atoms with Gasteiger partial charge in [0.1, 0.15) is 9.88 Å². The number of amides is 1. The highest BCUT2D eigenvalue weighted by atomic mass is 32.1. The first-order valence-corrected chi connectivity index (χ1v) is 9.17. The Labute approximate surface area is 158 Å². The number of hydrogen-bond acceptors (Lipinski definition) is 5. The number of aromatic nitrogens is 1. The van der Waals surface area contributed by atoms with Crippen LogP contribution in [-0.2, 0) is 15.7 Å². The molecule has 1 aromatic heterocycles. The third-order valence-corrected chi connectivity index (χ3v) is 4.76. The van der Waals surface area contributed by atoms with Gasteiger partial charge < -0.3 is 9.64 Å². The third-order valence-electron chi connectivity index (χ3n) is 3.67. The van der Waals surface area contributed by atoms with E-state index in [2.05, 4.69) is 4.98 Å². The van der Waals surface area contributed by atoms with Crippen LogP contribution in [0.5, 0.6) is 0 Å². The molecular weight excluding hydrogens is 381 g/mol. The van der Waals surface area contributed by atoms with Crippen LogP contribution in [0.15, 0.2) is 30.3 Å². The number of benzene rings is 1. The van der Waals surface area contributed by atoms with Crippen LogP contribution in [-0.4, -0.2) is 41.5 Å². The van der Waals surface area contributed by atoms with Gasteiger partial charge in [-0.05, 0) is 13.8 Å². The molecule has 0 saturated carbocycles. The summed E-state index contributed by atoms with van der Waals surface area (Å²) in [5.74, 6) is -1.30. The second kappa shape index (κ2) is 8.98. The summed E-state index contributed by atoms with van der Waals surface area (Å²) in [7, 11) is 0. The molecule has 0 aliphatic rings. The van der Waals surface area contributed by atoms with Crippen LogP contribution in [0.2, 0.25) is 0 Å². The number of alkyl halides is 3. The lowest BCUT2D eigenvalue weighted by Crippen LogP contribution is -2.33. The highest BCUT2D eigenvalue weighted by molar-refractivity contribution is 7.17. The van der Waals surface area contributed by atoms with Gasteiger partial charge in [0.05, 0.1) is 13.0 Å². The Hall–Kier alpha value is -2.42. The lowest BCUT2D eigenvalue weighted by atomic mass is 10.2. The van der Waals surface area contributed by atoms with Gasteiger partial charge in [-0.1, -0.05) is 30.3 Å². The molecule has 2 rings (SSSR count). The monoisotopic (exact) mass is 400 g/mol. The second-order valence-electron chi connectivity index (χ2n) is 5.50. The van der Waals surface area contributed by atoms with E-state index in [-0.39, 0.29) is 31.1 Å². The molecule has 0 aliphatic carbocycles. The van der Waals surface area contributed by atoms with Gasteiger partial charge in [0.15, 0.2) is 5.69 Å². The smallest absolute Gasteiger partial charge is 0.435 e. The van der Waals surface area contributed by atoms with E-state index in [9.17, 15) is 22.8 Å². The van der Waals surface area contributed by atoms with E-state index in [0.29, 0.717) is 16.9 Å². The molecule has 9 heteroatoms. The maximum absolute atomic E-state index is 13.4. The Morgan fingerprint density at radius 2 is 1.85 bits per heavy atom.